The second-order valence-electron chi connectivity index (χ2n) is 11.8. The van der Waals surface area contributed by atoms with Crippen molar-refractivity contribution in [3.05, 3.63) is 6.20 Å². The van der Waals surface area contributed by atoms with E-state index in [9.17, 15) is 14.4 Å². The van der Waals surface area contributed by atoms with Crippen molar-refractivity contribution in [1.82, 2.24) is 9.97 Å². The van der Waals surface area contributed by atoms with Gasteiger partial charge in [0.1, 0.15) is 12.7 Å². The zero-order valence-corrected chi connectivity index (χ0v) is 28.6. The summed E-state index contributed by atoms with van der Waals surface area (Å²) in [4.78, 5) is 50.5. The Labute approximate surface area is 283 Å². The average molecular weight is 668 g/mol. The summed E-state index contributed by atoms with van der Waals surface area (Å²) in [6, 6.07) is 0. The van der Waals surface area contributed by atoms with Crippen molar-refractivity contribution in [3.63, 3.8) is 0 Å². The van der Waals surface area contributed by atoms with Crippen molar-refractivity contribution in [2.24, 2.45) is 0 Å². The summed E-state index contributed by atoms with van der Waals surface area (Å²) in [5, 5.41) is 0. The number of ether oxygens (including phenoxy) is 4. The molecule has 260 valence electrons. The molecule has 2 N–H and O–H groups in total. The fourth-order valence-electron chi connectivity index (χ4n) is 5.40. The van der Waals surface area contributed by atoms with Crippen LogP contribution in [-0.2, 0) is 33.3 Å². The lowest BCUT2D eigenvalue weighted by Crippen LogP contribution is -2.47. The van der Waals surface area contributed by atoms with Gasteiger partial charge in [0.15, 0.2) is 24.3 Å². The molecule has 7 atom stereocenters. The van der Waals surface area contributed by atoms with E-state index in [0.717, 1.165) is 69.1 Å². The maximum atomic E-state index is 13.4. The maximum absolute atomic E-state index is 13.4. The molecule has 11 nitrogen and oxygen atoms in total. The summed E-state index contributed by atoms with van der Waals surface area (Å²) in [6.45, 7) is 5.88. The summed E-state index contributed by atoms with van der Waals surface area (Å²) in [6.07, 6.45) is 5.41. The van der Waals surface area contributed by atoms with Gasteiger partial charge in [-0.25, -0.2) is 4.98 Å². The predicted molar refractivity (Wildman–Crippen MR) is 179 cm³/mol. The Hall–Kier alpha value is -2.60. The van der Waals surface area contributed by atoms with Gasteiger partial charge < -0.3 is 29.6 Å². The van der Waals surface area contributed by atoms with Crippen LogP contribution in [0.25, 0.3) is 0 Å². The average Bonchev–Trinajstić information content (AvgIpc) is 3.65. The fraction of sp³-hybridized carbons (Fsp3) is 0.794. The number of carbonyl (C=O) groups is 3. The molecule has 0 spiro atoms. The van der Waals surface area contributed by atoms with E-state index in [1.165, 1.54) is 11.8 Å². The molecule has 0 aromatic carbocycles. The highest BCUT2D eigenvalue weighted by Crippen LogP contribution is 2.42. The van der Waals surface area contributed by atoms with Crippen LogP contribution in [0.1, 0.15) is 140 Å². The lowest BCUT2D eigenvalue weighted by atomic mass is 10.1. The van der Waals surface area contributed by atoms with Gasteiger partial charge >= 0.3 is 17.9 Å². The van der Waals surface area contributed by atoms with E-state index in [2.05, 4.69) is 30.7 Å². The largest absolute Gasteiger partial charge is 0.463 e. The number of aromatic nitrogens is 2. The number of thioether (sulfide) groups is 1. The first-order valence-electron chi connectivity index (χ1n) is 18.9. The molecule has 1 aromatic heterocycles. The molecule has 12 heteroatoms. The molecule has 1 saturated heterocycles. The third-order valence-corrected chi connectivity index (χ3v) is 8.99. The Bertz CT molecular complexity index is 1190. The van der Waals surface area contributed by atoms with Crippen molar-refractivity contribution >= 4 is 41.4 Å². The molecule has 46 heavy (non-hydrogen) atoms. The highest BCUT2D eigenvalue weighted by molar-refractivity contribution is 7.99. The lowest BCUT2D eigenvalue weighted by Gasteiger charge is -2.30. The molecule has 3 rings (SSSR count). The standard InChI is InChI=1S/C34H56N4O7S/c1-4-7-10-13-16-19-27(39)42-23-25-30(44-28(40)20-17-14-11-8-5-2)31(45-29(41)21-18-15-12-9-6-3)33(43-25)38-24-46-26-22-36-34(35)37-32(26)38/h22,25,30-31,33H,4-21,23-24H2,1-3H3,(H2,35,36,37)/t25-,30-,31-,33?/m1/s1/i19D,20D,21D/t19?,20?,21?,25-,30-,31-,33?. The minimum absolute atomic E-state index is 0.0325. The van der Waals surface area contributed by atoms with Crippen LogP contribution in [0.4, 0.5) is 11.8 Å². The first-order valence-corrected chi connectivity index (χ1v) is 18.1. The van der Waals surface area contributed by atoms with Gasteiger partial charge in [0.2, 0.25) is 5.95 Å². The second kappa shape index (κ2) is 21.3. The Morgan fingerprint density at radius 1 is 0.848 bits per heavy atom. The van der Waals surface area contributed by atoms with E-state index < -0.39 is 61.6 Å². The summed E-state index contributed by atoms with van der Waals surface area (Å²) in [7, 11) is 0. The highest BCUT2D eigenvalue weighted by Gasteiger charge is 2.53. The van der Waals surface area contributed by atoms with Crippen LogP contribution >= 0.6 is 11.8 Å². The number of esters is 3. The van der Waals surface area contributed by atoms with E-state index in [1.54, 1.807) is 11.1 Å². The molecule has 2 aliphatic heterocycles. The maximum Gasteiger partial charge on any atom is 0.306 e. The lowest BCUT2D eigenvalue weighted by molar-refractivity contribution is -0.168. The molecular formula is C34H56N4O7S. The van der Waals surface area contributed by atoms with Gasteiger partial charge in [-0.2, -0.15) is 4.98 Å². The number of hydrogen-bond donors (Lipinski definition) is 1. The zero-order valence-electron chi connectivity index (χ0n) is 30.8. The number of hydrogen-bond acceptors (Lipinski definition) is 12. The van der Waals surface area contributed by atoms with E-state index in [1.807, 2.05) is 0 Å². The van der Waals surface area contributed by atoms with Crippen LogP contribution < -0.4 is 10.6 Å². The number of anilines is 2. The van der Waals surface area contributed by atoms with Gasteiger partial charge in [-0.3, -0.25) is 14.4 Å². The van der Waals surface area contributed by atoms with Gasteiger partial charge in [-0.15, -0.1) is 0 Å². The summed E-state index contributed by atoms with van der Waals surface area (Å²) in [5.74, 6) is -1.51. The minimum Gasteiger partial charge on any atom is -0.463 e. The van der Waals surface area contributed by atoms with Gasteiger partial charge in [-0.05, 0) is 19.3 Å². The first-order chi connectivity index (χ1) is 23.6. The van der Waals surface area contributed by atoms with Crippen molar-refractivity contribution in [3.8, 4) is 0 Å². The Morgan fingerprint density at radius 2 is 1.37 bits per heavy atom. The molecule has 0 aliphatic carbocycles. The molecular weight excluding hydrogens is 608 g/mol. The van der Waals surface area contributed by atoms with E-state index >= 15 is 0 Å². The topological polar surface area (TPSA) is 143 Å². The van der Waals surface area contributed by atoms with Gasteiger partial charge in [0, 0.05) is 29.5 Å². The SMILES string of the molecule is [2H]C(CCCCCC)C(=O)OC[C@H]1OC(N2CSc3cnc(N)nc32)[C@H](OC(=O)C([2H])CCCCCC)[C@@H]1OC(=O)C([2H])CCCCCC. The number of fused-ring (bicyclic) bond motifs is 1. The normalized spacial score (nSPS) is 23.5. The molecule has 1 fully saturated rings. The molecule has 0 radical (unpaired) electrons. The number of nitrogen functional groups attached to an aromatic ring is 1. The van der Waals surface area contributed by atoms with Crippen LogP contribution in [0, 0.1) is 0 Å². The Kier molecular flexibility index (Phi) is 15.4. The summed E-state index contributed by atoms with van der Waals surface area (Å²) in [5.41, 5.74) is 5.91. The number of rotatable bonds is 23. The number of nitrogens with zero attached hydrogens (tertiary/aromatic N) is 3. The molecule has 1 aromatic rings. The van der Waals surface area contributed by atoms with Crippen LogP contribution in [-0.4, -0.2) is 64.9 Å². The summed E-state index contributed by atoms with van der Waals surface area (Å²) < 4.78 is 49.1. The van der Waals surface area contributed by atoms with Crippen LogP contribution in [0.15, 0.2) is 11.1 Å². The smallest absolute Gasteiger partial charge is 0.306 e. The van der Waals surface area contributed by atoms with Crippen LogP contribution in [0.3, 0.4) is 0 Å². The number of nitrogens with two attached hydrogens (primary N) is 1. The van der Waals surface area contributed by atoms with Crippen molar-refractivity contribution in [2.45, 2.75) is 166 Å². The van der Waals surface area contributed by atoms with Gasteiger partial charge in [-0.1, -0.05) is 110 Å². The predicted octanol–water partition coefficient (Wildman–Crippen LogP) is 7.10. The molecule has 4 unspecified atom stereocenters. The molecule has 0 amide bonds. The van der Waals surface area contributed by atoms with Crippen molar-refractivity contribution in [1.29, 1.82) is 0 Å². The van der Waals surface area contributed by atoms with Crippen LogP contribution in [0.2, 0.25) is 0 Å². The highest BCUT2D eigenvalue weighted by atomic mass is 32.2. The molecule has 2 aliphatic rings. The number of carbonyl (C=O) groups excluding carboxylic acids is 3. The third-order valence-electron chi connectivity index (χ3n) is 7.98. The monoisotopic (exact) mass is 667 g/mol. The molecule has 3 heterocycles. The Balaban J connectivity index is 1.86. The first kappa shape index (κ1) is 33.3. The van der Waals surface area contributed by atoms with E-state index in [-0.39, 0.29) is 12.6 Å². The van der Waals surface area contributed by atoms with E-state index in [0.29, 0.717) is 43.8 Å². The van der Waals surface area contributed by atoms with Gasteiger partial charge in [0.05, 0.1) is 10.8 Å². The quantitative estimate of drug-likeness (QED) is 0.0722. The van der Waals surface area contributed by atoms with Crippen LogP contribution in [0.5, 0.6) is 0 Å². The van der Waals surface area contributed by atoms with Crippen molar-refractivity contribution < 1.29 is 37.4 Å². The zero-order chi connectivity index (χ0) is 35.8. The van der Waals surface area contributed by atoms with E-state index in [4.69, 9.17) is 28.8 Å². The second-order valence-corrected chi connectivity index (χ2v) is 12.8. The Morgan fingerprint density at radius 3 is 1.93 bits per heavy atom. The third kappa shape index (κ3) is 12.5. The molecule has 0 bridgehead atoms. The van der Waals surface area contributed by atoms with Crippen molar-refractivity contribution in [2.75, 3.05) is 23.1 Å². The summed E-state index contributed by atoms with van der Waals surface area (Å²) >= 11 is 1.42. The fourth-order valence-corrected chi connectivity index (χ4v) is 6.37. The van der Waals surface area contributed by atoms with Gasteiger partial charge in [0.25, 0.3) is 0 Å². The minimum atomic E-state index is -1.26. The molecule has 0 saturated carbocycles. The number of unbranched alkanes of at least 4 members (excludes halogenated alkanes) is 9.